The van der Waals surface area contributed by atoms with Crippen molar-refractivity contribution in [3.05, 3.63) is 5.82 Å². The number of halogens is 3. The molecule has 0 saturated heterocycles. The SMILES string of the molecule is Nn1c(SCC(=O)O)nnc1C1CCCC(C(F)(F)F)C1. The normalized spacial score (nSPS) is 23.2. The lowest BCUT2D eigenvalue weighted by molar-refractivity contribution is -0.183. The summed E-state index contributed by atoms with van der Waals surface area (Å²) < 4.78 is 39.5. The molecule has 2 atom stereocenters. The Bertz CT molecular complexity index is 520. The van der Waals surface area contributed by atoms with Gasteiger partial charge in [0.25, 0.3) is 0 Å². The van der Waals surface area contributed by atoms with E-state index in [4.69, 9.17) is 10.9 Å². The number of aromatic nitrogens is 3. The maximum atomic E-state index is 12.8. The Labute approximate surface area is 122 Å². The second kappa shape index (κ2) is 6.12. The fraction of sp³-hybridized carbons (Fsp3) is 0.727. The van der Waals surface area contributed by atoms with Crippen molar-refractivity contribution < 1.29 is 23.1 Å². The number of carbonyl (C=O) groups is 1. The molecule has 1 saturated carbocycles. The van der Waals surface area contributed by atoms with Gasteiger partial charge in [0.15, 0.2) is 5.82 Å². The molecule has 2 unspecified atom stereocenters. The van der Waals surface area contributed by atoms with Crippen LogP contribution in [0.1, 0.15) is 37.4 Å². The number of carboxylic acid groups (broad SMARTS) is 1. The Kier molecular flexibility index (Phi) is 4.64. The molecule has 6 nitrogen and oxygen atoms in total. The molecule has 0 amide bonds. The van der Waals surface area contributed by atoms with Gasteiger partial charge in [0.1, 0.15) is 0 Å². The van der Waals surface area contributed by atoms with Crippen LogP contribution in [0.2, 0.25) is 0 Å². The Morgan fingerprint density at radius 2 is 2.14 bits per heavy atom. The quantitative estimate of drug-likeness (QED) is 0.650. The molecule has 0 bridgehead atoms. The van der Waals surface area contributed by atoms with Gasteiger partial charge in [-0.05, 0) is 19.3 Å². The van der Waals surface area contributed by atoms with Crippen LogP contribution in [0.25, 0.3) is 0 Å². The summed E-state index contributed by atoms with van der Waals surface area (Å²) in [6, 6.07) is 0. The summed E-state index contributed by atoms with van der Waals surface area (Å²) in [6.07, 6.45) is -3.11. The molecular weight excluding hydrogens is 309 g/mol. The number of hydrogen-bond donors (Lipinski definition) is 2. The minimum Gasteiger partial charge on any atom is -0.481 e. The van der Waals surface area contributed by atoms with Crippen LogP contribution in [0.15, 0.2) is 5.16 Å². The highest BCUT2D eigenvalue weighted by Gasteiger charge is 2.43. The highest BCUT2D eigenvalue weighted by Crippen LogP contribution is 2.43. The predicted molar refractivity (Wildman–Crippen MR) is 69.3 cm³/mol. The number of nitrogen functional groups attached to an aromatic ring is 1. The van der Waals surface area contributed by atoms with E-state index in [0.29, 0.717) is 12.8 Å². The second-order valence-corrected chi connectivity index (χ2v) is 5.94. The lowest BCUT2D eigenvalue weighted by Crippen LogP contribution is -2.30. The van der Waals surface area contributed by atoms with Gasteiger partial charge < -0.3 is 10.9 Å². The minimum atomic E-state index is -4.21. The highest BCUT2D eigenvalue weighted by atomic mass is 32.2. The first-order chi connectivity index (χ1) is 9.79. The van der Waals surface area contributed by atoms with E-state index in [1.165, 1.54) is 0 Å². The first-order valence-corrected chi connectivity index (χ1v) is 7.39. The maximum Gasteiger partial charge on any atom is 0.391 e. The second-order valence-electron chi connectivity index (χ2n) is 5.00. The van der Waals surface area contributed by atoms with E-state index in [2.05, 4.69) is 10.2 Å². The van der Waals surface area contributed by atoms with Crippen LogP contribution in [0.3, 0.4) is 0 Å². The molecule has 1 aliphatic rings. The third-order valence-electron chi connectivity index (χ3n) is 3.52. The first kappa shape index (κ1) is 15.9. The maximum absolute atomic E-state index is 12.8. The van der Waals surface area contributed by atoms with Crippen LogP contribution in [0.5, 0.6) is 0 Å². The number of nitrogens with zero attached hydrogens (tertiary/aromatic N) is 3. The lowest BCUT2D eigenvalue weighted by Gasteiger charge is -2.29. The molecule has 2 rings (SSSR count). The average Bonchev–Trinajstić information content (AvgIpc) is 2.77. The number of aliphatic carboxylic acids is 1. The van der Waals surface area contributed by atoms with E-state index in [9.17, 15) is 18.0 Å². The molecule has 0 aliphatic heterocycles. The summed E-state index contributed by atoms with van der Waals surface area (Å²) in [5.74, 6) is 3.06. The van der Waals surface area contributed by atoms with E-state index in [1.54, 1.807) is 0 Å². The molecule has 0 radical (unpaired) electrons. The zero-order chi connectivity index (χ0) is 15.6. The summed E-state index contributed by atoms with van der Waals surface area (Å²) in [4.78, 5) is 10.5. The molecule has 0 spiro atoms. The number of rotatable bonds is 4. The van der Waals surface area contributed by atoms with E-state index < -0.39 is 24.0 Å². The first-order valence-electron chi connectivity index (χ1n) is 6.40. The molecule has 1 aliphatic carbocycles. The van der Waals surface area contributed by atoms with Gasteiger partial charge in [-0.15, -0.1) is 10.2 Å². The monoisotopic (exact) mass is 324 g/mol. The zero-order valence-corrected chi connectivity index (χ0v) is 11.8. The molecule has 0 aromatic carbocycles. The van der Waals surface area contributed by atoms with Gasteiger partial charge in [-0.1, -0.05) is 18.2 Å². The predicted octanol–water partition coefficient (Wildman–Crippen LogP) is 2.00. The molecule has 3 N–H and O–H groups in total. The zero-order valence-electron chi connectivity index (χ0n) is 11.0. The van der Waals surface area contributed by atoms with E-state index >= 15 is 0 Å². The number of thioether (sulfide) groups is 1. The third kappa shape index (κ3) is 3.80. The van der Waals surface area contributed by atoms with Crippen molar-refractivity contribution in [2.45, 2.75) is 42.9 Å². The highest BCUT2D eigenvalue weighted by molar-refractivity contribution is 7.99. The summed E-state index contributed by atoms with van der Waals surface area (Å²) in [7, 11) is 0. The third-order valence-corrected chi connectivity index (χ3v) is 4.45. The largest absolute Gasteiger partial charge is 0.481 e. The number of nitrogens with two attached hydrogens (primary N) is 1. The number of hydrogen-bond acceptors (Lipinski definition) is 5. The summed E-state index contributed by atoms with van der Waals surface area (Å²) >= 11 is 0.889. The molecule has 21 heavy (non-hydrogen) atoms. The topological polar surface area (TPSA) is 94.0 Å². The van der Waals surface area contributed by atoms with Gasteiger partial charge in [-0.25, -0.2) is 4.68 Å². The Morgan fingerprint density at radius 1 is 1.43 bits per heavy atom. The van der Waals surface area contributed by atoms with E-state index in [1.807, 2.05) is 0 Å². The van der Waals surface area contributed by atoms with Crippen LogP contribution < -0.4 is 5.84 Å². The Morgan fingerprint density at radius 3 is 2.76 bits per heavy atom. The standard InChI is InChI=1S/C11H15F3N4O2S/c12-11(13,14)7-3-1-2-6(4-7)9-16-17-10(18(9)15)21-5-8(19)20/h6-7H,1-5,15H2,(H,19,20). The van der Waals surface area contributed by atoms with E-state index in [0.717, 1.165) is 16.4 Å². The van der Waals surface area contributed by atoms with Crippen LogP contribution in [0.4, 0.5) is 13.2 Å². The fourth-order valence-electron chi connectivity index (χ4n) is 2.51. The van der Waals surface area contributed by atoms with Gasteiger partial charge in [0.2, 0.25) is 5.16 Å². The van der Waals surface area contributed by atoms with Crippen LogP contribution in [0, 0.1) is 5.92 Å². The van der Waals surface area contributed by atoms with Gasteiger partial charge in [0, 0.05) is 5.92 Å². The smallest absolute Gasteiger partial charge is 0.391 e. The number of carboxylic acids is 1. The summed E-state index contributed by atoms with van der Waals surface area (Å²) in [5.41, 5.74) is 0. The molecule has 1 heterocycles. The fourth-order valence-corrected chi connectivity index (χ4v) is 3.10. The van der Waals surface area contributed by atoms with Crippen molar-refractivity contribution >= 4 is 17.7 Å². The van der Waals surface area contributed by atoms with Crippen LogP contribution >= 0.6 is 11.8 Å². The van der Waals surface area contributed by atoms with Crippen molar-refractivity contribution in [2.24, 2.45) is 5.92 Å². The molecule has 1 aromatic rings. The summed E-state index contributed by atoms with van der Waals surface area (Å²) in [5, 5.41) is 16.4. The minimum absolute atomic E-state index is 0.0531. The Balaban J connectivity index is 2.09. The van der Waals surface area contributed by atoms with Crippen molar-refractivity contribution in [2.75, 3.05) is 11.6 Å². The van der Waals surface area contributed by atoms with Crippen molar-refractivity contribution in [3.8, 4) is 0 Å². The van der Waals surface area contributed by atoms with Gasteiger partial charge in [-0.3, -0.25) is 4.79 Å². The van der Waals surface area contributed by atoms with Crippen LogP contribution in [-0.2, 0) is 4.79 Å². The van der Waals surface area contributed by atoms with Crippen LogP contribution in [-0.4, -0.2) is 37.9 Å². The van der Waals surface area contributed by atoms with Crippen molar-refractivity contribution in [3.63, 3.8) is 0 Å². The lowest BCUT2D eigenvalue weighted by atomic mass is 9.80. The molecular formula is C11H15F3N4O2S. The Hall–Kier alpha value is -1.45. The van der Waals surface area contributed by atoms with Gasteiger partial charge in [0.05, 0.1) is 11.7 Å². The van der Waals surface area contributed by atoms with Crippen molar-refractivity contribution in [1.82, 2.24) is 14.9 Å². The number of alkyl halides is 3. The van der Waals surface area contributed by atoms with E-state index in [-0.39, 0.29) is 29.6 Å². The molecule has 118 valence electrons. The summed E-state index contributed by atoms with van der Waals surface area (Å²) in [6.45, 7) is 0. The molecule has 10 heteroatoms. The van der Waals surface area contributed by atoms with Gasteiger partial charge in [-0.2, -0.15) is 13.2 Å². The van der Waals surface area contributed by atoms with Crippen molar-refractivity contribution in [1.29, 1.82) is 0 Å². The molecule has 1 aromatic heterocycles. The molecule has 1 fully saturated rings. The average molecular weight is 324 g/mol. The van der Waals surface area contributed by atoms with Gasteiger partial charge >= 0.3 is 12.1 Å².